The van der Waals surface area contributed by atoms with Gasteiger partial charge in [0.05, 0.1) is 0 Å². The van der Waals surface area contributed by atoms with Crippen LogP contribution in [0.2, 0.25) is 0 Å². The molecule has 1 rings (SSSR count). The topological polar surface area (TPSA) is 78.9 Å². The second kappa shape index (κ2) is 6.75. The minimum Gasteiger partial charge on any atom is -0.480 e. The predicted octanol–water partition coefficient (Wildman–Crippen LogP) is 1.45. The lowest BCUT2D eigenvalue weighted by Gasteiger charge is -2.37. The van der Waals surface area contributed by atoms with Crippen LogP contribution in [0.25, 0.3) is 0 Å². The van der Waals surface area contributed by atoms with Crippen molar-refractivity contribution in [1.29, 1.82) is 0 Å². The Morgan fingerprint density at radius 2 is 2.00 bits per heavy atom. The van der Waals surface area contributed by atoms with Crippen LogP contribution in [0.4, 0.5) is 4.79 Å². The summed E-state index contributed by atoms with van der Waals surface area (Å²) in [4.78, 5) is 24.5. The zero-order valence-corrected chi connectivity index (χ0v) is 11.9. The van der Waals surface area contributed by atoms with E-state index < -0.39 is 5.97 Å². The van der Waals surface area contributed by atoms with Crippen LogP contribution in [0.5, 0.6) is 0 Å². The van der Waals surface area contributed by atoms with Crippen LogP contribution in [0.15, 0.2) is 0 Å². The average Bonchev–Trinajstić information content (AvgIpc) is 2.35. The van der Waals surface area contributed by atoms with Gasteiger partial charge in [-0.2, -0.15) is 0 Å². The molecule has 0 saturated carbocycles. The fraction of sp³-hybridized carbons (Fsp3) is 0.846. The van der Waals surface area contributed by atoms with Crippen LogP contribution in [0.1, 0.15) is 40.0 Å². The number of amides is 2. The molecule has 0 bridgehead atoms. The van der Waals surface area contributed by atoms with Crippen LogP contribution < -0.4 is 5.32 Å². The van der Waals surface area contributed by atoms with E-state index in [1.807, 2.05) is 20.8 Å². The number of carbonyl (C=O) groups is 2. The molecule has 0 aromatic heterocycles. The third-order valence-corrected chi connectivity index (χ3v) is 3.69. The Morgan fingerprint density at radius 1 is 1.42 bits per heavy atom. The highest BCUT2D eigenvalue weighted by Crippen LogP contribution is 2.20. The molecule has 0 radical (unpaired) electrons. The molecule has 2 amide bonds. The molecule has 1 heterocycles. The maximum Gasteiger partial charge on any atom is 0.323 e. The van der Waals surface area contributed by atoms with Gasteiger partial charge in [0.25, 0.3) is 0 Å². The van der Waals surface area contributed by atoms with Crippen LogP contribution in [0.3, 0.4) is 0 Å². The van der Waals surface area contributed by atoms with E-state index in [9.17, 15) is 9.59 Å². The Balaban J connectivity index is 2.67. The fourth-order valence-electron chi connectivity index (χ4n) is 2.07. The van der Waals surface area contributed by atoms with E-state index in [1.54, 1.807) is 0 Å². The van der Waals surface area contributed by atoms with Gasteiger partial charge in [-0.05, 0) is 33.1 Å². The van der Waals surface area contributed by atoms with Crippen LogP contribution in [-0.4, -0.2) is 53.3 Å². The van der Waals surface area contributed by atoms with Gasteiger partial charge in [-0.15, -0.1) is 0 Å². The summed E-state index contributed by atoms with van der Waals surface area (Å²) in [7, 11) is 0. The van der Waals surface area contributed by atoms with E-state index in [1.165, 1.54) is 4.90 Å². The summed E-state index contributed by atoms with van der Waals surface area (Å²) >= 11 is 0. The molecule has 1 aliphatic heterocycles. The van der Waals surface area contributed by atoms with Gasteiger partial charge >= 0.3 is 12.0 Å². The normalized spacial score (nSPS) is 19.5. The molecule has 1 aliphatic rings. The first-order chi connectivity index (χ1) is 8.88. The van der Waals surface area contributed by atoms with E-state index in [0.29, 0.717) is 13.2 Å². The highest BCUT2D eigenvalue weighted by molar-refractivity contribution is 5.80. The standard InChI is InChI=1S/C13H24N2O4/c1-4-10(2)15(9-11(16)17)12(18)14-13(3)5-7-19-8-6-13/h10H,4-9H2,1-3H3,(H,14,18)(H,16,17). The van der Waals surface area contributed by atoms with Crippen LogP contribution >= 0.6 is 0 Å². The molecule has 0 aromatic carbocycles. The number of carbonyl (C=O) groups excluding carboxylic acids is 1. The average molecular weight is 272 g/mol. The zero-order valence-electron chi connectivity index (χ0n) is 11.9. The van der Waals surface area contributed by atoms with Crippen molar-refractivity contribution < 1.29 is 19.4 Å². The molecule has 6 heteroatoms. The molecule has 0 aromatic rings. The number of hydrogen-bond donors (Lipinski definition) is 2. The number of nitrogens with zero attached hydrogens (tertiary/aromatic N) is 1. The van der Waals surface area contributed by atoms with Crippen molar-refractivity contribution in [3.8, 4) is 0 Å². The van der Waals surface area contributed by atoms with E-state index >= 15 is 0 Å². The fourth-order valence-corrected chi connectivity index (χ4v) is 2.07. The molecule has 110 valence electrons. The minimum atomic E-state index is -0.993. The van der Waals surface area contributed by atoms with Crippen LogP contribution in [-0.2, 0) is 9.53 Å². The lowest BCUT2D eigenvalue weighted by molar-refractivity contribution is -0.138. The second-order valence-corrected chi connectivity index (χ2v) is 5.38. The smallest absolute Gasteiger partial charge is 0.323 e. The molecular formula is C13H24N2O4. The number of carboxylic acids is 1. The number of hydrogen-bond acceptors (Lipinski definition) is 3. The molecule has 2 N–H and O–H groups in total. The summed E-state index contributed by atoms with van der Waals surface area (Å²) in [6, 6.07) is -0.402. The largest absolute Gasteiger partial charge is 0.480 e. The lowest BCUT2D eigenvalue weighted by Crippen LogP contribution is -2.56. The second-order valence-electron chi connectivity index (χ2n) is 5.38. The maximum atomic E-state index is 12.3. The van der Waals surface area contributed by atoms with Gasteiger partial charge in [-0.25, -0.2) is 4.79 Å². The Hall–Kier alpha value is -1.30. The van der Waals surface area contributed by atoms with Gasteiger partial charge in [0.1, 0.15) is 6.54 Å². The first kappa shape index (κ1) is 15.8. The van der Waals surface area contributed by atoms with Crippen molar-refractivity contribution in [3.63, 3.8) is 0 Å². The van der Waals surface area contributed by atoms with Gasteiger partial charge in [0.15, 0.2) is 0 Å². The lowest BCUT2D eigenvalue weighted by atomic mass is 9.93. The number of ether oxygens (including phenoxy) is 1. The molecule has 1 unspecified atom stereocenters. The molecule has 1 fully saturated rings. The third-order valence-electron chi connectivity index (χ3n) is 3.69. The summed E-state index contributed by atoms with van der Waals surface area (Å²) in [5, 5.41) is 11.9. The van der Waals surface area contributed by atoms with E-state index in [4.69, 9.17) is 9.84 Å². The number of nitrogens with one attached hydrogen (secondary N) is 1. The third kappa shape index (κ3) is 4.70. The van der Waals surface area contributed by atoms with Gasteiger partial charge in [-0.1, -0.05) is 6.92 Å². The molecule has 0 aliphatic carbocycles. The van der Waals surface area contributed by atoms with Crippen molar-refractivity contribution in [1.82, 2.24) is 10.2 Å². The van der Waals surface area contributed by atoms with Crippen molar-refractivity contribution in [2.75, 3.05) is 19.8 Å². The summed E-state index contributed by atoms with van der Waals surface area (Å²) in [6.07, 6.45) is 2.22. The van der Waals surface area contributed by atoms with E-state index in [2.05, 4.69) is 5.32 Å². The number of carboxylic acid groups (broad SMARTS) is 1. The number of aliphatic carboxylic acids is 1. The SMILES string of the molecule is CCC(C)N(CC(=O)O)C(=O)NC1(C)CCOCC1. The van der Waals surface area contributed by atoms with Crippen LogP contribution in [0, 0.1) is 0 Å². The Morgan fingerprint density at radius 3 is 2.47 bits per heavy atom. The molecule has 1 atom stereocenters. The Labute approximate surface area is 114 Å². The maximum absolute atomic E-state index is 12.3. The first-order valence-electron chi connectivity index (χ1n) is 6.76. The van der Waals surface area contributed by atoms with Gasteiger partial charge in [0.2, 0.25) is 0 Å². The van der Waals surface area contributed by atoms with E-state index in [-0.39, 0.29) is 24.2 Å². The molecule has 0 spiro atoms. The predicted molar refractivity (Wildman–Crippen MR) is 71.1 cm³/mol. The zero-order chi connectivity index (χ0) is 14.5. The summed E-state index contributed by atoms with van der Waals surface area (Å²) in [6.45, 7) is 6.74. The monoisotopic (exact) mass is 272 g/mol. The van der Waals surface area contributed by atoms with Crippen molar-refractivity contribution in [2.45, 2.75) is 51.6 Å². The Kier molecular flexibility index (Phi) is 5.60. The molecule has 1 saturated heterocycles. The number of rotatable bonds is 5. The Bertz CT molecular complexity index is 327. The quantitative estimate of drug-likeness (QED) is 0.794. The van der Waals surface area contributed by atoms with Crippen molar-refractivity contribution in [3.05, 3.63) is 0 Å². The minimum absolute atomic E-state index is 0.0976. The van der Waals surface area contributed by atoms with Crippen molar-refractivity contribution in [2.24, 2.45) is 0 Å². The molecular weight excluding hydrogens is 248 g/mol. The van der Waals surface area contributed by atoms with Gasteiger partial charge < -0.3 is 20.1 Å². The first-order valence-corrected chi connectivity index (χ1v) is 6.76. The molecule has 6 nitrogen and oxygen atoms in total. The molecule has 19 heavy (non-hydrogen) atoms. The summed E-state index contributed by atoms with van der Waals surface area (Å²) in [5.41, 5.74) is -0.306. The number of urea groups is 1. The highest BCUT2D eigenvalue weighted by Gasteiger charge is 2.32. The summed E-state index contributed by atoms with van der Waals surface area (Å²) in [5.74, 6) is -0.993. The summed E-state index contributed by atoms with van der Waals surface area (Å²) < 4.78 is 5.28. The van der Waals surface area contributed by atoms with Crippen molar-refractivity contribution >= 4 is 12.0 Å². The highest BCUT2D eigenvalue weighted by atomic mass is 16.5. The van der Waals surface area contributed by atoms with Gasteiger partial charge in [0, 0.05) is 24.8 Å². The van der Waals surface area contributed by atoms with E-state index in [0.717, 1.165) is 19.3 Å². The van der Waals surface area contributed by atoms with Gasteiger partial charge in [-0.3, -0.25) is 4.79 Å².